The first-order valence-electron chi connectivity index (χ1n) is 6.04. The van der Waals surface area contributed by atoms with E-state index in [-0.39, 0.29) is 12.1 Å². The Balaban J connectivity index is 2.33. The van der Waals surface area contributed by atoms with Crippen LogP contribution in [0.5, 0.6) is 0 Å². The smallest absolute Gasteiger partial charge is 0.326 e. The summed E-state index contributed by atoms with van der Waals surface area (Å²) in [6.07, 6.45) is 5.77. The Morgan fingerprint density at radius 2 is 1.94 bits per heavy atom. The Hall–Kier alpha value is -0.910. The third-order valence-corrected chi connectivity index (χ3v) is 3.22. The second kappa shape index (κ2) is 7.42. The van der Waals surface area contributed by atoms with Crippen molar-refractivity contribution in [1.29, 1.82) is 0 Å². The molecule has 0 spiro atoms. The zero-order chi connectivity index (χ0) is 12.7. The molecule has 1 fully saturated rings. The summed E-state index contributed by atoms with van der Waals surface area (Å²) in [5.74, 6) is -0.585. The first-order chi connectivity index (χ1) is 8.13. The summed E-state index contributed by atoms with van der Waals surface area (Å²) in [7, 11) is 0. The summed E-state index contributed by atoms with van der Waals surface area (Å²) < 4.78 is 0. The van der Waals surface area contributed by atoms with Crippen molar-refractivity contribution in [2.24, 2.45) is 0 Å². The van der Waals surface area contributed by atoms with Gasteiger partial charge in [0.05, 0.1) is 0 Å². The highest BCUT2D eigenvalue weighted by Crippen LogP contribution is 2.17. The molecule has 2 amide bonds. The number of carbonyl (C=O) groups excluding carboxylic acids is 1. The average Bonchev–Trinajstić information content (AvgIpc) is 2.29. The molecule has 0 aromatic rings. The van der Waals surface area contributed by atoms with Crippen molar-refractivity contribution in [3.63, 3.8) is 0 Å². The van der Waals surface area contributed by atoms with E-state index in [0.29, 0.717) is 12.2 Å². The van der Waals surface area contributed by atoms with Crippen LogP contribution >= 0.6 is 12.6 Å². The van der Waals surface area contributed by atoms with E-state index < -0.39 is 12.0 Å². The van der Waals surface area contributed by atoms with Crippen LogP contribution in [-0.4, -0.2) is 34.9 Å². The normalized spacial score (nSPS) is 18.4. The van der Waals surface area contributed by atoms with Gasteiger partial charge in [-0.05, 0) is 25.0 Å². The lowest BCUT2D eigenvalue weighted by molar-refractivity contribution is -0.139. The highest BCUT2D eigenvalue weighted by atomic mass is 32.1. The van der Waals surface area contributed by atoms with Crippen LogP contribution in [0.3, 0.4) is 0 Å². The van der Waals surface area contributed by atoms with Crippen LogP contribution in [0.25, 0.3) is 0 Å². The van der Waals surface area contributed by atoms with Gasteiger partial charge in [0.1, 0.15) is 6.04 Å². The number of thiol groups is 1. The predicted molar refractivity (Wildman–Crippen MR) is 68.4 cm³/mol. The van der Waals surface area contributed by atoms with Crippen molar-refractivity contribution in [2.45, 2.75) is 50.6 Å². The van der Waals surface area contributed by atoms with Gasteiger partial charge in [-0.25, -0.2) is 9.59 Å². The van der Waals surface area contributed by atoms with Gasteiger partial charge < -0.3 is 15.7 Å². The number of aliphatic carboxylic acids is 1. The van der Waals surface area contributed by atoms with Crippen LogP contribution in [0.15, 0.2) is 0 Å². The number of nitrogens with one attached hydrogen (secondary N) is 2. The second-order valence-corrected chi connectivity index (χ2v) is 4.80. The van der Waals surface area contributed by atoms with Crippen molar-refractivity contribution in [3.05, 3.63) is 0 Å². The predicted octanol–water partition coefficient (Wildman–Crippen LogP) is 1.39. The van der Waals surface area contributed by atoms with Crippen molar-refractivity contribution < 1.29 is 14.7 Å². The number of rotatable bonds is 5. The lowest BCUT2D eigenvalue weighted by Crippen LogP contribution is -2.49. The lowest BCUT2D eigenvalue weighted by Gasteiger charge is -2.24. The first-order valence-corrected chi connectivity index (χ1v) is 6.67. The minimum Gasteiger partial charge on any atom is -0.480 e. The molecule has 0 aromatic heterocycles. The van der Waals surface area contributed by atoms with Crippen LogP contribution in [0.4, 0.5) is 4.79 Å². The van der Waals surface area contributed by atoms with Crippen molar-refractivity contribution in [3.8, 4) is 0 Å². The maximum atomic E-state index is 11.6. The van der Waals surface area contributed by atoms with E-state index >= 15 is 0 Å². The van der Waals surface area contributed by atoms with Gasteiger partial charge >= 0.3 is 12.0 Å². The minimum atomic E-state index is -1.02. The first kappa shape index (κ1) is 14.2. The number of carboxylic acid groups (broad SMARTS) is 1. The Bertz CT molecular complexity index is 267. The topological polar surface area (TPSA) is 78.4 Å². The maximum absolute atomic E-state index is 11.6. The van der Waals surface area contributed by atoms with Gasteiger partial charge in [-0.15, -0.1) is 0 Å². The zero-order valence-electron chi connectivity index (χ0n) is 9.82. The Kier molecular flexibility index (Phi) is 6.18. The minimum absolute atomic E-state index is 0.189. The molecule has 0 radical (unpaired) electrons. The number of hydrogen-bond acceptors (Lipinski definition) is 3. The molecular weight excluding hydrogens is 240 g/mol. The number of amides is 2. The molecule has 1 unspecified atom stereocenters. The third kappa shape index (κ3) is 5.30. The van der Waals surface area contributed by atoms with E-state index in [1.54, 1.807) is 0 Å². The number of carboxylic acids is 1. The van der Waals surface area contributed by atoms with Gasteiger partial charge in [0.15, 0.2) is 0 Å². The highest BCUT2D eigenvalue weighted by Gasteiger charge is 2.21. The lowest BCUT2D eigenvalue weighted by atomic mass is 9.96. The molecule has 1 rings (SSSR count). The summed E-state index contributed by atoms with van der Waals surface area (Å²) in [5.41, 5.74) is 0. The summed E-state index contributed by atoms with van der Waals surface area (Å²) in [6, 6.07) is -1.05. The maximum Gasteiger partial charge on any atom is 0.326 e. The van der Waals surface area contributed by atoms with Crippen LogP contribution in [0.2, 0.25) is 0 Å². The standard InChI is InChI=1S/C11H20N2O3S/c14-10(15)9(6-7-17)13-11(16)12-8-4-2-1-3-5-8/h8-9,17H,1-7H2,(H,14,15)(H2,12,13,16). The van der Waals surface area contributed by atoms with Gasteiger partial charge in [0.2, 0.25) is 0 Å². The SMILES string of the molecule is O=C(NC1CCCCC1)NC(CCS)C(=O)O. The van der Waals surface area contributed by atoms with Crippen LogP contribution in [-0.2, 0) is 4.79 Å². The molecule has 3 N–H and O–H groups in total. The molecule has 1 saturated carbocycles. The van der Waals surface area contributed by atoms with Gasteiger partial charge in [-0.2, -0.15) is 12.6 Å². The molecule has 0 heterocycles. The van der Waals surface area contributed by atoms with Crippen molar-refractivity contribution in [1.82, 2.24) is 10.6 Å². The van der Waals surface area contributed by atoms with E-state index in [1.807, 2.05) is 0 Å². The molecule has 6 heteroatoms. The van der Waals surface area contributed by atoms with Gasteiger partial charge in [-0.3, -0.25) is 0 Å². The molecule has 0 aliphatic heterocycles. The number of urea groups is 1. The second-order valence-electron chi connectivity index (χ2n) is 4.36. The van der Waals surface area contributed by atoms with E-state index in [1.165, 1.54) is 6.42 Å². The molecule has 0 saturated heterocycles. The fourth-order valence-electron chi connectivity index (χ4n) is 2.02. The van der Waals surface area contributed by atoms with Crippen LogP contribution < -0.4 is 10.6 Å². The summed E-state index contributed by atoms with van der Waals surface area (Å²) in [5, 5.41) is 14.2. The molecule has 0 bridgehead atoms. The summed E-state index contributed by atoms with van der Waals surface area (Å²) >= 11 is 3.97. The Labute approximate surface area is 107 Å². The van der Waals surface area contributed by atoms with E-state index in [2.05, 4.69) is 23.3 Å². The van der Waals surface area contributed by atoms with E-state index in [0.717, 1.165) is 25.7 Å². The quantitative estimate of drug-likeness (QED) is 0.564. The Morgan fingerprint density at radius 1 is 1.29 bits per heavy atom. The molecule has 5 nitrogen and oxygen atoms in total. The molecular formula is C11H20N2O3S. The monoisotopic (exact) mass is 260 g/mol. The van der Waals surface area contributed by atoms with Crippen molar-refractivity contribution >= 4 is 24.6 Å². The Morgan fingerprint density at radius 3 is 2.47 bits per heavy atom. The van der Waals surface area contributed by atoms with E-state index in [9.17, 15) is 9.59 Å². The molecule has 98 valence electrons. The van der Waals surface area contributed by atoms with Gasteiger partial charge in [-0.1, -0.05) is 19.3 Å². The van der Waals surface area contributed by atoms with Crippen LogP contribution in [0.1, 0.15) is 38.5 Å². The van der Waals surface area contributed by atoms with Gasteiger partial charge in [0, 0.05) is 6.04 Å². The highest BCUT2D eigenvalue weighted by molar-refractivity contribution is 7.80. The summed E-state index contributed by atoms with van der Waals surface area (Å²) in [4.78, 5) is 22.4. The molecule has 1 atom stereocenters. The molecule has 1 aliphatic rings. The average molecular weight is 260 g/mol. The van der Waals surface area contributed by atoms with Gasteiger partial charge in [0.25, 0.3) is 0 Å². The molecule has 0 aromatic carbocycles. The fourth-order valence-corrected chi connectivity index (χ4v) is 2.28. The number of carbonyl (C=O) groups is 2. The summed E-state index contributed by atoms with van der Waals surface area (Å²) in [6.45, 7) is 0. The third-order valence-electron chi connectivity index (χ3n) is 2.96. The molecule has 17 heavy (non-hydrogen) atoms. The largest absolute Gasteiger partial charge is 0.480 e. The van der Waals surface area contributed by atoms with E-state index in [4.69, 9.17) is 5.11 Å². The van der Waals surface area contributed by atoms with Crippen molar-refractivity contribution in [2.75, 3.05) is 5.75 Å². The molecule has 1 aliphatic carbocycles. The zero-order valence-corrected chi connectivity index (χ0v) is 10.7. The van der Waals surface area contributed by atoms with Crippen LogP contribution in [0, 0.1) is 0 Å². The number of hydrogen-bond donors (Lipinski definition) is 4. The fraction of sp³-hybridized carbons (Fsp3) is 0.818.